The highest BCUT2D eigenvalue weighted by Gasteiger charge is 2.16. The van der Waals surface area contributed by atoms with E-state index in [1.165, 1.54) is 10.5 Å². The third kappa shape index (κ3) is 4.67. The summed E-state index contributed by atoms with van der Waals surface area (Å²) in [6.07, 6.45) is 2.20. The minimum atomic E-state index is -0.369. The zero-order valence-corrected chi connectivity index (χ0v) is 16.4. The SMILES string of the molecule is Cc1ccc2nc(COC(=O)C(C)Cc3ccc(Cl)c(Cl)c3)cc(=O)n2c1. The number of ether oxygens (including phenoxy) is 1. The van der Waals surface area contributed by atoms with Crippen molar-refractivity contribution in [3.63, 3.8) is 0 Å². The number of aryl methyl sites for hydroxylation is 1. The van der Waals surface area contributed by atoms with Crippen molar-refractivity contribution in [3.8, 4) is 0 Å². The zero-order chi connectivity index (χ0) is 19.6. The van der Waals surface area contributed by atoms with Gasteiger partial charge in [0.2, 0.25) is 0 Å². The predicted octanol–water partition coefficient (Wildman–Crippen LogP) is 4.23. The Morgan fingerprint density at radius 3 is 2.70 bits per heavy atom. The van der Waals surface area contributed by atoms with Gasteiger partial charge in [0.25, 0.3) is 5.56 Å². The Balaban J connectivity index is 1.66. The molecule has 0 aliphatic rings. The molecule has 0 saturated carbocycles. The number of pyridine rings is 1. The van der Waals surface area contributed by atoms with Crippen LogP contribution in [0.15, 0.2) is 47.4 Å². The number of aromatic nitrogens is 2. The molecule has 0 spiro atoms. The fraction of sp³-hybridized carbons (Fsp3) is 0.250. The number of halogens is 2. The molecular formula is C20H18Cl2N2O3. The Morgan fingerprint density at radius 1 is 1.19 bits per heavy atom. The van der Waals surface area contributed by atoms with Crippen molar-refractivity contribution in [3.05, 3.63) is 79.8 Å². The van der Waals surface area contributed by atoms with Gasteiger partial charge in [0.05, 0.1) is 21.7 Å². The molecule has 0 aliphatic carbocycles. The highest BCUT2D eigenvalue weighted by molar-refractivity contribution is 6.42. The molecule has 0 N–H and O–H groups in total. The molecule has 2 aromatic heterocycles. The monoisotopic (exact) mass is 404 g/mol. The Bertz CT molecular complexity index is 1060. The predicted molar refractivity (Wildman–Crippen MR) is 105 cm³/mol. The smallest absolute Gasteiger partial charge is 0.309 e. The van der Waals surface area contributed by atoms with E-state index < -0.39 is 0 Å². The topological polar surface area (TPSA) is 60.7 Å². The van der Waals surface area contributed by atoms with E-state index in [0.717, 1.165) is 11.1 Å². The number of hydrogen-bond donors (Lipinski definition) is 0. The fourth-order valence-electron chi connectivity index (χ4n) is 2.72. The van der Waals surface area contributed by atoms with Crippen LogP contribution < -0.4 is 5.56 Å². The standard InChI is InChI=1S/C20H18Cl2N2O3/c1-12-3-6-18-23-15(9-19(25)24(18)10-12)11-27-20(26)13(2)7-14-4-5-16(21)17(22)8-14/h3-6,8-10,13H,7,11H2,1-2H3. The van der Waals surface area contributed by atoms with E-state index in [4.69, 9.17) is 27.9 Å². The molecule has 0 radical (unpaired) electrons. The first-order chi connectivity index (χ1) is 12.8. The number of benzene rings is 1. The first kappa shape index (κ1) is 19.4. The average Bonchev–Trinajstić information content (AvgIpc) is 2.63. The summed E-state index contributed by atoms with van der Waals surface area (Å²) in [6.45, 7) is 3.62. The number of carbonyl (C=O) groups excluding carboxylic acids is 1. The molecular weight excluding hydrogens is 387 g/mol. The fourth-order valence-corrected chi connectivity index (χ4v) is 3.04. The third-order valence-electron chi connectivity index (χ3n) is 4.15. The number of hydrogen-bond acceptors (Lipinski definition) is 4. The van der Waals surface area contributed by atoms with Crippen molar-refractivity contribution in [1.82, 2.24) is 9.38 Å². The Kier molecular flexibility index (Phi) is 5.82. The minimum Gasteiger partial charge on any atom is -0.459 e. The van der Waals surface area contributed by atoms with Crippen LogP contribution >= 0.6 is 23.2 Å². The highest BCUT2D eigenvalue weighted by atomic mass is 35.5. The van der Waals surface area contributed by atoms with Crippen molar-refractivity contribution in [2.45, 2.75) is 26.9 Å². The molecule has 0 fully saturated rings. The lowest BCUT2D eigenvalue weighted by Crippen LogP contribution is -2.19. The first-order valence-electron chi connectivity index (χ1n) is 8.43. The molecule has 0 bridgehead atoms. The van der Waals surface area contributed by atoms with Gasteiger partial charge in [0.1, 0.15) is 12.3 Å². The molecule has 5 nitrogen and oxygen atoms in total. The van der Waals surface area contributed by atoms with Crippen LogP contribution in [0.4, 0.5) is 0 Å². The quantitative estimate of drug-likeness (QED) is 0.596. The summed E-state index contributed by atoms with van der Waals surface area (Å²) in [5.74, 6) is -0.738. The van der Waals surface area contributed by atoms with Crippen LogP contribution in [-0.4, -0.2) is 15.4 Å². The second kappa shape index (κ2) is 8.11. The summed E-state index contributed by atoms with van der Waals surface area (Å²) < 4.78 is 6.80. The number of carbonyl (C=O) groups is 1. The molecule has 2 heterocycles. The number of nitrogens with zero attached hydrogens (tertiary/aromatic N) is 2. The van der Waals surface area contributed by atoms with Crippen LogP contribution in [0.1, 0.15) is 23.7 Å². The van der Waals surface area contributed by atoms with Crippen molar-refractivity contribution >= 4 is 34.8 Å². The van der Waals surface area contributed by atoms with E-state index in [1.54, 1.807) is 31.3 Å². The maximum atomic E-state index is 12.3. The summed E-state index contributed by atoms with van der Waals surface area (Å²) in [7, 11) is 0. The highest BCUT2D eigenvalue weighted by Crippen LogP contribution is 2.24. The van der Waals surface area contributed by atoms with Crippen LogP contribution in [0.5, 0.6) is 0 Å². The largest absolute Gasteiger partial charge is 0.459 e. The van der Waals surface area contributed by atoms with Gasteiger partial charge in [-0.15, -0.1) is 0 Å². The lowest BCUT2D eigenvalue weighted by atomic mass is 10.0. The van der Waals surface area contributed by atoms with Gasteiger partial charge in [0.15, 0.2) is 0 Å². The summed E-state index contributed by atoms with van der Waals surface area (Å²) >= 11 is 11.9. The van der Waals surface area contributed by atoms with Crippen molar-refractivity contribution in [1.29, 1.82) is 0 Å². The van der Waals surface area contributed by atoms with Crippen LogP contribution in [0, 0.1) is 12.8 Å². The molecule has 3 aromatic rings. The number of rotatable bonds is 5. The second-order valence-corrected chi connectivity index (χ2v) is 7.30. The van der Waals surface area contributed by atoms with Gasteiger partial charge in [-0.1, -0.05) is 42.3 Å². The molecule has 7 heteroatoms. The molecule has 3 rings (SSSR count). The summed E-state index contributed by atoms with van der Waals surface area (Å²) in [4.78, 5) is 28.8. The van der Waals surface area contributed by atoms with Gasteiger partial charge in [-0.2, -0.15) is 0 Å². The molecule has 1 unspecified atom stereocenters. The second-order valence-electron chi connectivity index (χ2n) is 6.48. The Hall–Kier alpha value is -2.37. The molecule has 140 valence electrons. The summed E-state index contributed by atoms with van der Waals surface area (Å²) in [5.41, 5.74) is 2.58. The van der Waals surface area contributed by atoms with Gasteiger partial charge >= 0.3 is 5.97 Å². The lowest BCUT2D eigenvalue weighted by Gasteiger charge is -2.12. The maximum Gasteiger partial charge on any atom is 0.309 e. The van der Waals surface area contributed by atoms with E-state index in [2.05, 4.69) is 4.98 Å². The number of esters is 1. The van der Waals surface area contributed by atoms with Crippen molar-refractivity contribution < 1.29 is 9.53 Å². The van der Waals surface area contributed by atoms with Crippen molar-refractivity contribution in [2.75, 3.05) is 0 Å². The van der Waals surface area contributed by atoms with E-state index in [0.29, 0.717) is 27.8 Å². The van der Waals surface area contributed by atoms with Crippen LogP contribution in [0.2, 0.25) is 10.0 Å². The Morgan fingerprint density at radius 2 is 1.96 bits per heavy atom. The lowest BCUT2D eigenvalue weighted by molar-refractivity contribution is -0.149. The van der Waals surface area contributed by atoms with Gasteiger partial charge < -0.3 is 4.74 Å². The van der Waals surface area contributed by atoms with Crippen LogP contribution in [0.3, 0.4) is 0 Å². The van der Waals surface area contributed by atoms with E-state index >= 15 is 0 Å². The third-order valence-corrected chi connectivity index (χ3v) is 4.89. The van der Waals surface area contributed by atoms with E-state index in [9.17, 15) is 9.59 Å². The maximum absolute atomic E-state index is 12.3. The Labute approximate surface area is 166 Å². The molecule has 1 aromatic carbocycles. The van der Waals surface area contributed by atoms with Crippen LogP contribution in [-0.2, 0) is 22.6 Å². The van der Waals surface area contributed by atoms with Gasteiger partial charge in [-0.3, -0.25) is 14.0 Å². The van der Waals surface area contributed by atoms with Crippen molar-refractivity contribution in [2.24, 2.45) is 5.92 Å². The zero-order valence-electron chi connectivity index (χ0n) is 14.9. The summed E-state index contributed by atoms with van der Waals surface area (Å²) in [5, 5.41) is 0.922. The number of fused-ring (bicyclic) bond motifs is 1. The van der Waals surface area contributed by atoms with Gasteiger partial charge in [-0.05, 0) is 42.7 Å². The summed E-state index contributed by atoms with van der Waals surface area (Å²) in [6, 6.07) is 10.3. The molecule has 0 amide bonds. The average molecular weight is 405 g/mol. The van der Waals surface area contributed by atoms with Gasteiger partial charge in [-0.25, -0.2) is 4.98 Å². The van der Waals surface area contributed by atoms with Crippen LogP contribution in [0.25, 0.3) is 5.65 Å². The van der Waals surface area contributed by atoms with E-state index in [-0.39, 0.29) is 24.1 Å². The normalized spacial score (nSPS) is 12.1. The minimum absolute atomic E-state index is 0.0514. The molecule has 0 saturated heterocycles. The van der Waals surface area contributed by atoms with Gasteiger partial charge in [0, 0.05) is 12.3 Å². The molecule has 1 atom stereocenters. The molecule has 27 heavy (non-hydrogen) atoms. The molecule has 0 aliphatic heterocycles. The van der Waals surface area contributed by atoms with E-state index in [1.807, 2.05) is 19.1 Å². The first-order valence-corrected chi connectivity index (χ1v) is 9.18.